The zero-order chi connectivity index (χ0) is 17.9. The molecule has 1 aromatic carbocycles. The standard InChI is InChI=1S/C16H19Cl2FN2O3/c1-8(13-11(17)6-7-12(19)14(13)18)20-16(24)21-10-4-2-9(3-5-10)15(22)23/h6-10H,2-5H2,1H3,(H,22,23)(H2,20,21,24). The van der Waals surface area contributed by atoms with Gasteiger partial charge in [0, 0.05) is 16.6 Å². The highest BCUT2D eigenvalue weighted by Crippen LogP contribution is 2.32. The summed E-state index contributed by atoms with van der Waals surface area (Å²) in [4.78, 5) is 23.0. The second-order valence-electron chi connectivity index (χ2n) is 5.98. The van der Waals surface area contributed by atoms with Crippen molar-refractivity contribution in [3.63, 3.8) is 0 Å². The summed E-state index contributed by atoms with van der Waals surface area (Å²) in [5, 5.41) is 14.6. The lowest BCUT2D eigenvalue weighted by molar-refractivity contribution is -0.142. The lowest BCUT2D eigenvalue weighted by Gasteiger charge is -2.27. The normalized spacial score (nSPS) is 21.8. The Labute approximate surface area is 149 Å². The largest absolute Gasteiger partial charge is 0.481 e. The molecule has 0 radical (unpaired) electrons. The number of carboxylic acids is 1. The van der Waals surface area contributed by atoms with Crippen molar-refractivity contribution in [3.05, 3.63) is 33.6 Å². The molecular weight excluding hydrogens is 358 g/mol. The molecule has 5 nitrogen and oxygen atoms in total. The summed E-state index contributed by atoms with van der Waals surface area (Å²) in [6, 6.07) is 1.49. The minimum absolute atomic E-state index is 0.0775. The van der Waals surface area contributed by atoms with E-state index in [4.69, 9.17) is 28.3 Å². The van der Waals surface area contributed by atoms with Gasteiger partial charge in [-0.05, 0) is 44.7 Å². The third kappa shape index (κ3) is 4.51. The monoisotopic (exact) mass is 376 g/mol. The maximum Gasteiger partial charge on any atom is 0.315 e. The molecule has 24 heavy (non-hydrogen) atoms. The average Bonchev–Trinajstić information content (AvgIpc) is 2.51. The quantitative estimate of drug-likeness (QED) is 0.691. The molecule has 2 amide bonds. The topological polar surface area (TPSA) is 78.4 Å². The van der Waals surface area contributed by atoms with Crippen LogP contribution in [0.25, 0.3) is 0 Å². The zero-order valence-electron chi connectivity index (χ0n) is 13.1. The predicted octanol–water partition coefficient (Wildman–Crippen LogP) is 4.14. The van der Waals surface area contributed by atoms with E-state index in [0.717, 1.165) is 0 Å². The Morgan fingerprint density at radius 2 is 1.88 bits per heavy atom. The van der Waals surface area contributed by atoms with E-state index in [-0.39, 0.29) is 22.0 Å². The highest BCUT2D eigenvalue weighted by molar-refractivity contribution is 6.36. The average molecular weight is 377 g/mol. The fourth-order valence-electron chi connectivity index (χ4n) is 2.92. The summed E-state index contributed by atoms with van der Waals surface area (Å²) >= 11 is 12.0. The van der Waals surface area contributed by atoms with E-state index in [9.17, 15) is 14.0 Å². The van der Waals surface area contributed by atoms with Gasteiger partial charge in [-0.1, -0.05) is 23.2 Å². The molecular formula is C16H19Cl2FN2O3. The fraction of sp³-hybridized carbons (Fsp3) is 0.500. The van der Waals surface area contributed by atoms with Gasteiger partial charge < -0.3 is 15.7 Å². The number of halogens is 3. The van der Waals surface area contributed by atoms with E-state index < -0.39 is 23.9 Å². The number of nitrogens with one attached hydrogen (secondary N) is 2. The van der Waals surface area contributed by atoms with Gasteiger partial charge in [-0.15, -0.1) is 0 Å². The van der Waals surface area contributed by atoms with Crippen LogP contribution in [0, 0.1) is 11.7 Å². The first kappa shape index (κ1) is 18.8. The van der Waals surface area contributed by atoms with Crippen LogP contribution < -0.4 is 10.6 Å². The van der Waals surface area contributed by atoms with Gasteiger partial charge in [0.2, 0.25) is 0 Å². The van der Waals surface area contributed by atoms with Gasteiger partial charge in [-0.25, -0.2) is 9.18 Å². The van der Waals surface area contributed by atoms with Crippen molar-refractivity contribution in [1.29, 1.82) is 0 Å². The lowest BCUT2D eigenvalue weighted by Crippen LogP contribution is -2.44. The smallest absolute Gasteiger partial charge is 0.315 e. The number of carboxylic acid groups (broad SMARTS) is 1. The minimum Gasteiger partial charge on any atom is -0.481 e. The molecule has 3 N–H and O–H groups in total. The molecule has 1 aliphatic rings. The van der Waals surface area contributed by atoms with E-state index in [0.29, 0.717) is 31.2 Å². The Morgan fingerprint density at radius 3 is 2.46 bits per heavy atom. The van der Waals surface area contributed by atoms with Crippen LogP contribution in [0.5, 0.6) is 0 Å². The van der Waals surface area contributed by atoms with Crippen molar-refractivity contribution in [2.75, 3.05) is 0 Å². The van der Waals surface area contributed by atoms with Crippen molar-refractivity contribution in [3.8, 4) is 0 Å². The highest BCUT2D eigenvalue weighted by atomic mass is 35.5. The molecule has 0 spiro atoms. The Bertz CT molecular complexity index is 634. The number of aliphatic carboxylic acids is 1. The first-order chi connectivity index (χ1) is 11.3. The molecule has 1 saturated carbocycles. The van der Waals surface area contributed by atoms with Gasteiger partial charge in [-0.3, -0.25) is 4.79 Å². The molecule has 1 unspecified atom stereocenters. The molecule has 2 rings (SSSR count). The lowest BCUT2D eigenvalue weighted by atomic mass is 9.86. The van der Waals surface area contributed by atoms with Gasteiger partial charge in [0.1, 0.15) is 5.82 Å². The van der Waals surface area contributed by atoms with Gasteiger partial charge in [-0.2, -0.15) is 0 Å². The molecule has 1 aromatic rings. The second-order valence-corrected chi connectivity index (χ2v) is 6.77. The summed E-state index contributed by atoms with van der Waals surface area (Å²) in [6.45, 7) is 1.66. The van der Waals surface area contributed by atoms with Crippen LogP contribution in [0.3, 0.4) is 0 Å². The van der Waals surface area contributed by atoms with Gasteiger partial charge in [0.05, 0.1) is 17.0 Å². The summed E-state index contributed by atoms with van der Waals surface area (Å²) < 4.78 is 13.6. The Morgan fingerprint density at radius 1 is 1.25 bits per heavy atom. The van der Waals surface area contributed by atoms with Crippen molar-refractivity contribution < 1.29 is 19.1 Å². The number of carbonyl (C=O) groups is 2. The van der Waals surface area contributed by atoms with Crippen LogP contribution in [0.1, 0.15) is 44.2 Å². The molecule has 0 heterocycles. The first-order valence-electron chi connectivity index (χ1n) is 7.72. The highest BCUT2D eigenvalue weighted by Gasteiger charge is 2.27. The summed E-state index contributed by atoms with van der Waals surface area (Å²) in [5.74, 6) is -1.73. The Balaban J connectivity index is 1.91. The van der Waals surface area contributed by atoms with Crippen LogP contribution in [0.2, 0.25) is 10.0 Å². The fourth-order valence-corrected chi connectivity index (χ4v) is 3.62. The van der Waals surface area contributed by atoms with Crippen LogP contribution in [-0.4, -0.2) is 23.1 Å². The molecule has 0 bridgehead atoms. The number of rotatable bonds is 4. The number of benzene rings is 1. The zero-order valence-corrected chi connectivity index (χ0v) is 14.6. The molecule has 0 aromatic heterocycles. The number of urea groups is 1. The van der Waals surface area contributed by atoms with Crippen LogP contribution in [0.4, 0.5) is 9.18 Å². The van der Waals surface area contributed by atoms with Gasteiger partial charge in [0.25, 0.3) is 0 Å². The van der Waals surface area contributed by atoms with Crippen molar-refractivity contribution in [1.82, 2.24) is 10.6 Å². The summed E-state index contributed by atoms with van der Waals surface area (Å²) in [5.41, 5.74) is 0.322. The SMILES string of the molecule is CC(NC(=O)NC1CCC(C(=O)O)CC1)c1c(Cl)ccc(F)c1Cl. The molecule has 1 atom stereocenters. The van der Waals surface area contributed by atoms with Crippen molar-refractivity contribution >= 4 is 35.2 Å². The van der Waals surface area contributed by atoms with E-state index in [1.165, 1.54) is 12.1 Å². The number of hydrogen-bond acceptors (Lipinski definition) is 2. The summed E-state index contributed by atoms with van der Waals surface area (Å²) in [7, 11) is 0. The van der Waals surface area contributed by atoms with E-state index >= 15 is 0 Å². The Hall–Kier alpha value is -1.53. The Kier molecular flexibility index (Phi) is 6.29. The predicted molar refractivity (Wildman–Crippen MR) is 89.9 cm³/mol. The molecule has 0 aliphatic heterocycles. The third-order valence-corrected chi connectivity index (χ3v) is 4.99. The third-order valence-electron chi connectivity index (χ3n) is 4.27. The van der Waals surface area contributed by atoms with Crippen LogP contribution in [0.15, 0.2) is 12.1 Å². The molecule has 1 fully saturated rings. The minimum atomic E-state index is -0.790. The molecule has 132 valence electrons. The van der Waals surface area contributed by atoms with E-state index in [1.54, 1.807) is 6.92 Å². The van der Waals surface area contributed by atoms with Crippen LogP contribution >= 0.6 is 23.2 Å². The number of amides is 2. The second kappa shape index (κ2) is 8.03. The maximum atomic E-state index is 13.6. The van der Waals surface area contributed by atoms with E-state index in [2.05, 4.69) is 10.6 Å². The van der Waals surface area contributed by atoms with Gasteiger partial charge in [0.15, 0.2) is 0 Å². The number of hydrogen-bond donors (Lipinski definition) is 3. The van der Waals surface area contributed by atoms with Crippen LogP contribution in [-0.2, 0) is 4.79 Å². The van der Waals surface area contributed by atoms with Crippen molar-refractivity contribution in [2.24, 2.45) is 5.92 Å². The van der Waals surface area contributed by atoms with Crippen molar-refractivity contribution in [2.45, 2.75) is 44.7 Å². The maximum absolute atomic E-state index is 13.6. The molecule has 8 heteroatoms. The first-order valence-corrected chi connectivity index (χ1v) is 8.48. The molecule has 0 saturated heterocycles. The molecule has 1 aliphatic carbocycles. The number of carbonyl (C=O) groups excluding carboxylic acids is 1. The van der Waals surface area contributed by atoms with E-state index in [1.807, 2.05) is 0 Å². The van der Waals surface area contributed by atoms with Gasteiger partial charge >= 0.3 is 12.0 Å². The summed E-state index contributed by atoms with van der Waals surface area (Å²) in [6.07, 6.45) is 2.30.